The molecule has 0 spiro atoms. The summed E-state index contributed by atoms with van der Waals surface area (Å²) in [6.45, 7) is 2.14. The van der Waals surface area contributed by atoms with Crippen molar-refractivity contribution in [2.75, 3.05) is 11.4 Å². The molecule has 0 aliphatic heterocycles. The summed E-state index contributed by atoms with van der Waals surface area (Å²) >= 11 is 18.9. The second-order valence-electron chi connectivity index (χ2n) is 6.12. The lowest BCUT2D eigenvalue weighted by molar-refractivity contribution is 0.0697. The summed E-state index contributed by atoms with van der Waals surface area (Å²) < 4.78 is 2.11. The fourth-order valence-corrected chi connectivity index (χ4v) is 4.48. The highest BCUT2D eigenvalue weighted by Crippen LogP contribution is 2.35. The molecule has 0 aliphatic rings. The van der Waals surface area contributed by atoms with E-state index in [1.165, 1.54) is 27.9 Å². The van der Waals surface area contributed by atoms with Gasteiger partial charge in [-0.2, -0.15) is 5.10 Å². The van der Waals surface area contributed by atoms with Crippen molar-refractivity contribution < 1.29 is 14.7 Å². The van der Waals surface area contributed by atoms with Crippen LogP contribution in [0.4, 0.5) is 5.69 Å². The molecule has 0 saturated heterocycles. The molecule has 156 valence electrons. The molecule has 2 aromatic heterocycles. The van der Waals surface area contributed by atoms with E-state index in [4.69, 9.17) is 23.2 Å². The highest BCUT2D eigenvalue weighted by molar-refractivity contribution is 9.10. The Balaban J connectivity index is 2.19. The van der Waals surface area contributed by atoms with Crippen molar-refractivity contribution in [3.63, 3.8) is 0 Å². The number of nitrogens with zero attached hydrogens (tertiary/aromatic N) is 4. The molecule has 11 heteroatoms. The molecule has 1 aromatic carbocycles. The summed E-state index contributed by atoms with van der Waals surface area (Å²) in [4.78, 5) is 31.0. The minimum absolute atomic E-state index is 0.0998. The molecule has 0 bridgehead atoms. The molecule has 0 atom stereocenters. The van der Waals surface area contributed by atoms with Crippen LogP contribution in [0.15, 0.2) is 45.6 Å². The minimum Gasteiger partial charge on any atom is -0.478 e. The van der Waals surface area contributed by atoms with Gasteiger partial charge in [-0.1, -0.05) is 30.1 Å². The number of pyridine rings is 1. The van der Waals surface area contributed by atoms with Gasteiger partial charge < -0.3 is 10.0 Å². The van der Waals surface area contributed by atoms with E-state index in [0.29, 0.717) is 20.5 Å². The number of carboxylic acid groups (broad SMARTS) is 1. The number of halogens is 4. The average Bonchev–Trinajstić information content (AvgIpc) is 3.07. The molecule has 3 rings (SSSR count). The third-order valence-corrected chi connectivity index (χ3v) is 5.56. The van der Waals surface area contributed by atoms with Gasteiger partial charge in [-0.15, -0.1) is 0 Å². The number of benzene rings is 1. The Morgan fingerprint density at radius 1 is 1.23 bits per heavy atom. The van der Waals surface area contributed by atoms with E-state index in [2.05, 4.69) is 41.9 Å². The number of carbonyl (C=O) groups excluding carboxylic acids is 1. The zero-order valence-corrected chi connectivity index (χ0v) is 20.1. The molecule has 3 aromatic rings. The van der Waals surface area contributed by atoms with Crippen LogP contribution in [-0.4, -0.2) is 38.3 Å². The number of aromatic nitrogens is 3. The summed E-state index contributed by atoms with van der Waals surface area (Å²) in [6.07, 6.45) is 2.12. The molecule has 7 nitrogen and oxygen atoms in total. The van der Waals surface area contributed by atoms with Crippen LogP contribution in [0.25, 0.3) is 5.82 Å². The van der Waals surface area contributed by atoms with Gasteiger partial charge in [0.05, 0.1) is 16.3 Å². The van der Waals surface area contributed by atoms with E-state index >= 15 is 0 Å². The monoisotopic (exact) mass is 574 g/mol. The number of hydrogen-bond acceptors (Lipinski definition) is 4. The molecule has 30 heavy (non-hydrogen) atoms. The predicted molar refractivity (Wildman–Crippen MR) is 122 cm³/mol. The van der Waals surface area contributed by atoms with Crippen LogP contribution in [0.3, 0.4) is 0 Å². The Hall–Kier alpha value is -1.94. The van der Waals surface area contributed by atoms with Gasteiger partial charge >= 0.3 is 5.97 Å². The zero-order valence-electron chi connectivity index (χ0n) is 15.4. The third kappa shape index (κ3) is 4.54. The van der Waals surface area contributed by atoms with E-state index in [1.54, 1.807) is 18.2 Å². The summed E-state index contributed by atoms with van der Waals surface area (Å²) in [7, 11) is 0. The van der Waals surface area contributed by atoms with Crippen LogP contribution in [0.5, 0.6) is 0 Å². The molecule has 0 aliphatic carbocycles. The maximum absolute atomic E-state index is 13.6. The van der Waals surface area contributed by atoms with E-state index in [9.17, 15) is 14.7 Å². The van der Waals surface area contributed by atoms with Crippen molar-refractivity contribution >= 4 is 72.6 Å². The smallest absolute Gasteiger partial charge is 0.337 e. The lowest BCUT2D eigenvalue weighted by Crippen LogP contribution is -2.35. The minimum atomic E-state index is -1.20. The standard InChI is InChI=1S/C19H14Br2Cl2N4O3/c1-2-6-26(16-11(19(29)30)7-10(22)8-12(16)20)18(28)14-9-15(21)25-27(14)17-13(23)4-3-5-24-17/h3-5,7-9H,2,6H2,1H3,(H,29,30). The van der Waals surface area contributed by atoms with Crippen LogP contribution >= 0.6 is 55.1 Å². The van der Waals surface area contributed by atoms with E-state index in [0.717, 1.165) is 0 Å². The van der Waals surface area contributed by atoms with E-state index in [1.807, 2.05) is 6.92 Å². The van der Waals surface area contributed by atoms with Crippen molar-refractivity contribution in [1.29, 1.82) is 0 Å². The van der Waals surface area contributed by atoms with Gasteiger partial charge in [-0.25, -0.2) is 14.5 Å². The first-order chi connectivity index (χ1) is 14.2. The van der Waals surface area contributed by atoms with Gasteiger partial charge in [-0.05, 0) is 62.5 Å². The fraction of sp³-hybridized carbons (Fsp3) is 0.158. The van der Waals surface area contributed by atoms with Gasteiger partial charge in [0.1, 0.15) is 10.3 Å². The largest absolute Gasteiger partial charge is 0.478 e. The number of aromatic carboxylic acids is 1. The molecular formula is C19H14Br2Cl2N4O3. The molecule has 0 radical (unpaired) electrons. The van der Waals surface area contributed by atoms with Crippen LogP contribution < -0.4 is 4.90 Å². The first-order valence-corrected chi connectivity index (χ1v) is 11.0. The molecule has 1 N–H and O–H groups in total. The molecule has 0 unspecified atom stereocenters. The molecular weight excluding hydrogens is 563 g/mol. The quantitative estimate of drug-likeness (QED) is 0.397. The van der Waals surface area contributed by atoms with Gasteiger partial charge in [0.25, 0.3) is 5.91 Å². The highest BCUT2D eigenvalue weighted by Gasteiger charge is 2.29. The first-order valence-electron chi connectivity index (χ1n) is 8.65. The highest BCUT2D eigenvalue weighted by atomic mass is 79.9. The van der Waals surface area contributed by atoms with Crippen LogP contribution in [0.1, 0.15) is 34.2 Å². The van der Waals surface area contributed by atoms with Crippen molar-refractivity contribution in [1.82, 2.24) is 14.8 Å². The van der Waals surface area contributed by atoms with Crippen molar-refractivity contribution in [2.24, 2.45) is 0 Å². The van der Waals surface area contributed by atoms with Crippen LogP contribution in [0.2, 0.25) is 10.0 Å². The Morgan fingerprint density at radius 3 is 2.60 bits per heavy atom. The second-order valence-corrected chi connectivity index (χ2v) is 8.63. The van der Waals surface area contributed by atoms with Crippen LogP contribution in [0, 0.1) is 0 Å². The van der Waals surface area contributed by atoms with Crippen molar-refractivity contribution in [3.8, 4) is 5.82 Å². The molecule has 0 saturated carbocycles. The normalized spacial score (nSPS) is 10.8. The molecule has 2 heterocycles. The zero-order chi connectivity index (χ0) is 22.0. The topological polar surface area (TPSA) is 88.3 Å². The Labute approximate surface area is 198 Å². The Bertz CT molecular complexity index is 1140. The maximum Gasteiger partial charge on any atom is 0.337 e. The van der Waals surface area contributed by atoms with Gasteiger partial charge in [0.2, 0.25) is 0 Å². The Morgan fingerprint density at radius 2 is 1.97 bits per heavy atom. The fourth-order valence-electron chi connectivity index (χ4n) is 2.88. The number of carbonyl (C=O) groups is 2. The maximum atomic E-state index is 13.6. The van der Waals surface area contributed by atoms with E-state index in [-0.39, 0.29) is 34.3 Å². The number of amides is 1. The Kier molecular flexibility index (Phi) is 7.18. The lowest BCUT2D eigenvalue weighted by atomic mass is 10.1. The van der Waals surface area contributed by atoms with Crippen molar-refractivity contribution in [3.05, 3.63) is 66.9 Å². The first kappa shape index (κ1) is 22.7. The van der Waals surface area contributed by atoms with Crippen LogP contribution in [-0.2, 0) is 0 Å². The lowest BCUT2D eigenvalue weighted by Gasteiger charge is -2.25. The number of carboxylic acids is 1. The number of anilines is 1. The number of hydrogen-bond donors (Lipinski definition) is 1. The van der Waals surface area contributed by atoms with E-state index < -0.39 is 11.9 Å². The summed E-state index contributed by atoms with van der Waals surface area (Å²) in [6, 6.07) is 7.68. The van der Waals surface area contributed by atoms with Crippen molar-refractivity contribution in [2.45, 2.75) is 13.3 Å². The second kappa shape index (κ2) is 9.47. The molecule has 0 fully saturated rings. The summed E-state index contributed by atoms with van der Waals surface area (Å²) in [5, 5.41) is 14.5. The number of rotatable bonds is 6. The predicted octanol–water partition coefficient (Wildman–Crippen LogP) is 5.85. The summed E-state index contributed by atoms with van der Waals surface area (Å²) in [5.74, 6) is -1.40. The third-order valence-electron chi connectivity index (χ3n) is 4.06. The van der Waals surface area contributed by atoms with Gasteiger partial charge in [0, 0.05) is 28.3 Å². The molecule has 1 amide bonds. The summed E-state index contributed by atoms with van der Waals surface area (Å²) in [5.41, 5.74) is 0.265. The van der Waals surface area contributed by atoms with Gasteiger partial charge in [-0.3, -0.25) is 4.79 Å². The van der Waals surface area contributed by atoms with Gasteiger partial charge in [0.15, 0.2) is 5.82 Å². The SMILES string of the molecule is CCCN(C(=O)c1cc(Br)nn1-c1ncccc1Cl)c1c(Br)cc(Cl)cc1C(=O)O. The average molecular weight is 577 g/mol.